The number of rotatable bonds is 12. The highest BCUT2D eigenvalue weighted by Gasteiger charge is 2.30. The number of benzene rings is 1. The van der Waals surface area contributed by atoms with Gasteiger partial charge in [-0.2, -0.15) is 0 Å². The zero-order chi connectivity index (χ0) is 20.5. The van der Waals surface area contributed by atoms with Crippen LogP contribution in [-0.4, -0.2) is 67.9 Å². The second-order valence-corrected chi connectivity index (χ2v) is 8.13. The van der Waals surface area contributed by atoms with Gasteiger partial charge in [-0.15, -0.1) is 0 Å². The number of hydrogen-bond acceptors (Lipinski definition) is 4. The molecular weight excluding hydrogens is 352 g/mol. The number of hydrogen-bond donors (Lipinski definition) is 2. The molecule has 1 aromatic rings. The van der Waals surface area contributed by atoms with Crippen molar-refractivity contribution in [3.05, 3.63) is 29.3 Å². The van der Waals surface area contributed by atoms with Gasteiger partial charge in [-0.25, -0.2) is 0 Å². The molecule has 1 saturated carbocycles. The number of para-hydroxylation sites is 1. The third-order valence-electron chi connectivity index (χ3n) is 5.14. The summed E-state index contributed by atoms with van der Waals surface area (Å²) in [5, 5.41) is 6.05. The molecule has 1 aliphatic rings. The Morgan fingerprint density at radius 3 is 2.32 bits per heavy atom. The van der Waals surface area contributed by atoms with Crippen LogP contribution in [0.1, 0.15) is 43.2 Å². The first-order valence-electron chi connectivity index (χ1n) is 10.4. The summed E-state index contributed by atoms with van der Waals surface area (Å²) in [7, 11) is 4.11. The Kier molecular flexibility index (Phi) is 8.93. The van der Waals surface area contributed by atoms with Crippen molar-refractivity contribution in [2.24, 2.45) is 0 Å². The summed E-state index contributed by atoms with van der Waals surface area (Å²) in [4.78, 5) is 28.9. The molecule has 0 heterocycles. The molecule has 0 bridgehead atoms. The van der Waals surface area contributed by atoms with E-state index < -0.39 is 0 Å². The highest BCUT2D eigenvalue weighted by Crippen LogP contribution is 2.27. The maximum absolute atomic E-state index is 12.5. The third-order valence-corrected chi connectivity index (χ3v) is 5.14. The van der Waals surface area contributed by atoms with Gasteiger partial charge in [-0.3, -0.25) is 14.5 Å². The van der Waals surface area contributed by atoms with Gasteiger partial charge in [0.2, 0.25) is 11.8 Å². The summed E-state index contributed by atoms with van der Waals surface area (Å²) < 4.78 is 0. The lowest BCUT2D eigenvalue weighted by Gasteiger charge is -2.22. The first kappa shape index (κ1) is 22.4. The lowest BCUT2D eigenvalue weighted by molar-refractivity contribution is -0.122. The summed E-state index contributed by atoms with van der Waals surface area (Å²) >= 11 is 0. The van der Waals surface area contributed by atoms with Crippen LogP contribution >= 0.6 is 0 Å². The van der Waals surface area contributed by atoms with Gasteiger partial charge >= 0.3 is 0 Å². The molecule has 0 radical (unpaired) electrons. The third kappa shape index (κ3) is 7.98. The standard InChI is InChI=1S/C22H36N4O2/c1-17-8-7-9-18(2)22(17)24-21(28)16-26(19-10-11-19)15-12-20(27)23-13-5-6-14-25(3)4/h7-9,19H,5-6,10-16H2,1-4H3,(H,23,27)(H,24,28). The first-order valence-corrected chi connectivity index (χ1v) is 10.4. The van der Waals surface area contributed by atoms with E-state index in [4.69, 9.17) is 0 Å². The smallest absolute Gasteiger partial charge is 0.238 e. The fraction of sp³-hybridized carbons (Fsp3) is 0.636. The largest absolute Gasteiger partial charge is 0.356 e. The Labute approximate surface area is 169 Å². The van der Waals surface area contributed by atoms with Gasteiger partial charge < -0.3 is 15.5 Å². The minimum absolute atomic E-state index is 0.00612. The van der Waals surface area contributed by atoms with Gasteiger partial charge in [0, 0.05) is 31.2 Å². The van der Waals surface area contributed by atoms with Crippen molar-refractivity contribution in [3.63, 3.8) is 0 Å². The minimum atomic E-state index is -0.00612. The lowest BCUT2D eigenvalue weighted by Crippen LogP contribution is -2.38. The molecule has 6 nitrogen and oxygen atoms in total. The Morgan fingerprint density at radius 1 is 1.04 bits per heavy atom. The van der Waals surface area contributed by atoms with E-state index in [-0.39, 0.29) is 11.8 Å². The SMILES string of the molecule is Cc1cccc(C)c1NC(=O)CN(CCC(=O)NCCCCN(C)C)C1CC1. The van der Waals surface area contributed by atoms with Gasteiger partial charge in [0.25, 0.3) is 0 Å². The maximum atomic E-state index is 12.5. The predicted octanol–water partition coefficient (Wildman–Crippen LogP) is 2.55. The van der Waals surface area contributed by atoms with Gasteiger partial charge in [-0.05, 0) is 71.3 Å². The second-order valence-electron chi connectivity index (χ2n) is 8.13. The van der Waals surface area contributed by atoms with Crippen LogP contribution < -0.4 is 10.6 Å². The van der Waals surface area contributed by atoms with E-state index in [0.717, 1.165) is 55.6 Å². The number of anilines is 1. The van der Waals surface area contributed by atoms with Crippen LogP contribution in [0, 0.1) is 13.8 Å². The summed E-state index contributed by atoms with van der Waals surface area (Å²) in [6, 6.07) is 6.45. The van der Waals surface area contributed by atoms with Gasteiger partial charge in [-0.1, -0.05) is 18.2 Å². The quantitative estimate of drug-likeness (QED) is 0.540. The van der Waals surface area contributed by atoms with Crippen molar-refractivity contribution in [2.75, 3.05) is 45.6 Å². The van der Waals surface area contributed by atoms with Crippen molar-refractivity contribution < 1.29 is 9.59 Å². The molecule has 0 atom stereocenters. The molecule has 0 aliphatic heterocycles. The zero-order valence-corrected chi connectivity index (χ0v) is 17.9. The minimum Gasteiger partial charge on any atom is -0.356 e. The first-order chi connectivity index (χ1) is 13.4. The summed E-state index contributed by atoms with van der Waals surface area (Å²) in [6.45, 7) is 6.75. The molecule has 1 aliphatic carbocycles. The van der Waals surface area contributed by atoms with Gasteiger partial charge in [0.1, 0.15) is 0 Å². The van der Waals surface area contributed by atoms with Gasteiger partial charge in [0.05, 0.1) is 6.54 Å². The van der Waals surface area contributed by atoms with Crippen LogP contribution in [0.2, 0.25) is 0 Å². The normalized spacial score (nSPS) is 13.8. The molecular formula is C22H36N4O2. The average molecular weight is 389 g/mol. The van der Waals surface area contributed by atoms with Crippen molar-refractivity contribution in [1.29, 1.82) is 0 Å². The second kappa shape index (κ2) is 11.2. The molecule has 2 amide bonds. The molecule has 6 heteroatoms. The van der Waals surface area contributed by atoms with E-state index in [2.05, 4.69) is 34.5 Å². The van der Waals surface area contributed by atoms with Gasteiger partial charge in [0.15, 0.2) is 0 Å². The molecule has 28 heavy (non-hydrogen) atoms. The molecule has 2 N–H and O–H groups in total. The van der Waals surface area contributed by atoms with E-state index in [0.29, 0.717) is 25.6 Å². The summed E-state index contributed by atoms with van der Waals surface area (Å²) in [5.41, 5.74) is 3.04. The zero-order valence-electron chi connectivity index (χ0n) is 17.9. The predicted molar refractivity (Wildman–Crippen MR) is 115 cm³/mol. The number of aryl methyl sites for hydroxylation is 2. The number of unbranched alkanes of at least 4 members (excludes halogenated alkanes) is 1. The number of amides is 2. The van der Waals surface area contributed by atoms with Crippen molar-refractivity contribution in [2.45, 2.75) is 52.0 Å². The number of nitrogens with zero attached hydrogens (tertiary/aromatic N) is 2. The fourth-order valence-corrected chi connectivity index (χ4v) is 3.32. The van der Waals surface area contributed by atoms with Crippen LogP contribution in [0.5, 0.6) is 0 Å². The topological polar surface area (TPSA) is 64.7 Å². The molecule has 1 fully saturated rings. The molecule has 0 unspecified atom stereocenters. The Hall–Kier alpha value is -1.92. The lowest BCUT2D eigenvalue weighted by atomic mass is 10.1. The van der Waals surface area contributed by atoms with E-state index in [1.165, 1.54) is 0 Å². The molecule has 156 valence electrons. The van der Waals surface area contributed by atoms with Crippen molar-refractivity contribution >= 4 is 17.5 Å². The van der Waals surface area contributed by atoms with Crippen LogP contribution in [0.3, 0.4) is 0 Å². The highest BCUT2D eigenvalue weighted by molar-refractivity contribution is 5.93. The fourth-order valence-electron chi connectivity index (χ4n) is 3.32. The van der Waals surface area contributed by atoms with Crippen LogP contribution in [0.25, 0.3) is 0 Å². The molecule has 0 spiro atoms. The van der Waals surface area contributed by atoms with Crippen molar-refractivity contribution in [1.82, 2.24) is 15.1 Å². The van der Waals surface area contributed by atoms with E-state index in [1.54, 1.807) is 0 Å². The monoisotopic (exact) mass is 388 g/mol. The van der Waals surface area contributed by atoms with Crippen molar-refractivity contribution in [3.8, 4) is 0 Å². The molecule has 0 saturated heterocycles. The van der Waals surface area contributed by atoms with Crippen LogP contribution in [0.15, 0.2) is 18.2 Å². The number of nitrogens with one attached hydrogen (secondary N) is 2. The average Bonchev–Trinajstić information content (AvgIpc) is 3.46. The molecule has 2 rings (SSSR count). The molecule has 0 aromatic heterocycles. The van der Waals surface area contributed by atoms with E-state index in [9.17, 15) is 9.59 Å². The Morgan fingerprint density at radius 2 is 1.71 bits per heavy atom. The summed E-state index contributed by atoms with van der Waals surface area (Å²) in [5.74, 6) is 0.0686. The Balaban J connectivity index is 1.73. The van der Waals surface area contributed by atoms with Crippen LogP contribution in [0.4, 0.5) is 5.69 Å². The number of carbonyl (C=O) groups excluding carboxylic acids is 2. The Bertz CT molecular complexity index is 636. The summed E-state index contributed by atoms with van der Waals surface area (Å²) in [6.07, 6.45) is 4.75. The number of carbonyl (C=O) groups is 2. The highest BCUT2D eigenvalue weighted by atomic mass is 16.2. The van der Waals surface area contributed by atoms with E-state index >= 15 is 0 Å². The maximum Gasteiger partial charge on any atom is 0.238 e. The molecule has 1 aromatic carbocycles. The van der Waals surface area contributed by atoms with E-state index in [1.807, 2.05) is 32.0 Å². The van der Waals surface area contributed by atoms with Crippen LogP contribution in [-0.2, 0) is 9.59 Å².